The van der Waals surface area contributed by atoms with E-state index >= 15 is 0 Å². The van der Waals surface area contributed by atoms with Gasteiger partial charge in [0.05, 0.1) is 24.8 Å². The Morgan fingerprint density at radius 3 is 2.21 bits per heavy atom. The Balaban J connectivity index is 1.75. The zero-order valence-electron chi connectivity index (χ0n) is 25.3. The monoisotopic (exact) mass is 607 g/mol. The number of carbonyl (C=O) groups is 2. The summed E-state index contributed by atoms with van der Waals surface area (Å²) < 4.78 is 40.1. The van der Waals surface area contributed by atoms with Gasteiger partial charge in [-0.25, -0.2) is 8.42 Å². The van der Waals surface area contributed by atoms with E-state index in [4.69, 9.17) is 9.47 Å². The van der Waals surface area contributed by atoms with Gasteiger partial charge >= 0.3 is 0 Å². The summed E-state index contributed by atoms with van der Waals surface area (Å²) in [5.41, 5.74) is 2.07. The first-order valence-corrected chi connectivity index (χ1v) is 16.1. The van der Waals surface area contributed by atoms with Crippen molar-refractivity contribution >= 4 is 27.5 Å². The summed E-state index contributed by atoms with van der Waals surface area (Å²) in [4.78, 5) is 29.5. The highest BCUT2D eigenvalue weighted by molar-refractivity contribution is 7.92. The van der Waals surface area contributed by atoms with Gasteiger partial charge < -0.3 is 19.7 Å². The van der Waals surface area contributed by atoms with Gasteiger partial charge in [-0.2, -0.15) is 0 Å². The lowest BCUT2D eigenvalue weighted by molar-refractivity contribution is -0.140. The molecule has 1 fully saturated rings. The smallest absolute Gasteiger partial charge is 0.264 e. The van der Waals surface area contributed by atoms with E-state index in [0.717, 1.165) is 41.1 Å². The van der Waals surface area contributed by atoms with Crippen LogP contribution in [-0.2, 0) is 26.2 Å². The molecule has 230 valence electrons. The van der Waals surface area contributed by atoms with Gasteiger partial charge in [0.25, 0.3) is 10.0 Å². The summed E-state index contributed by atoms with van der Waals surface area (Å²) in [6, 6.07) is 19.6. The molecule has 0 radical (unpaired) electrons. The minimum atomic E-state index is -4.24. The second-order valence-electron chi connectivity index (χ2n) is 10.7. The number of amides is 2. The van der Waals surface area contributed by atoms with E-state index in [1.165, 1.54) is 31.3 Å². The number of ether oxygens (including phenoxy) is 2. The highest BCUT2D eigenvalue weighted by Crippen LogP contribution is 2.33. The molecule has 4 rings (SSSR count). The van der Waals surface area contributed by atoms with Crippen LogP contribution < -0.4 is 19.1 Å². The van der Waals surface area contributed by atoms with Crippen LogP contribution in [0.15, 0.2) is 77.7 Å². The van der Waals surface area contributed by atoms with Gasteiger partial charge in [0, 0.05) is 12.6 Å². The average Bonchev–Trinajstić information content (AvgIpc) is 3.53. The molecule has 43 heavy (non-hydrogen) atoms. The molecule has 0 saturated heterocycles. The zero-order valence-corrected chi connectivity index (χ0v) is 26.1. The normalized spacial score (nSPS) is 14.1. The van der Waals surface area contributed by atoms with Crippen molar-refractivity contribution in [3.8, 4) is 11.5 Å². The molecule has 1 aliphatic rings. The number of anilines is 1. The van der Waals surface area contributed by atoms with E-state index in [-0.39, 0.29) is 29.1 Å². The molecule has 0 heterocycles. The Labute approximate surface area is 254 Å². The van der Waals surface area contributed by atoms with Crippen LogP contribution >= 0.6 is 0 Å². The number of nitrogens with zero attached hydrogens (tertiary/aromatic N) is 2. The third kappa shape index (κ3) is 7.48. The van der Waals surface area contributed by atoms with Crippen LogP contribution in [0.4, 0.5) is 5.69 Å². The quantitative estimate of drug-likeness (QED) is 0.291. The lowest BCUT2D eigenvalue weighted by Gasteiger charge is -2.34. The van der Waals surface area contributed by atoms with Crippen molar-refractivity contribution in [1.82, 2.24) is 10.2 Å². The van der Waals surface area contributed by atoms with Crippen LogP contribution in [0.3, 0.4) is 0 Å². The molecule has 1 atom stereocenters. The number of methoxy groups -OCH3 is 2. The number of nitrogens with one attached hydrogen (secondary N) is 1. The Hall–Kier alpha value is -4.05. The summed E-state index contributed by atoms with van der Waals surface area (Å²) >= 11 is 0. The Morgan fingerprint density at radius 2 is 1.58 bits per heavy atom. The SMILES string of the molecule is CC[C@@H](C(=O)NC1CCCC1)N(Cc1ccccc1C)C(=O)CN(c1ccccc1OC)S(=O)(=O)c1ccc(OC)cc1. The lowest BCUT2D eigenvalue weighted by Crippen LogP contribution is -2.53. The molecule has 0 aliphatic heterocycles. The molecule has 1 N–H and O–H groups in total. The summed E-state index contributed by atoms with van der Waals surface area (Å²) in [7, 11) is -1.30. The molecular weight excluding hydrogens is 566 g/mol. The van der Waals surface area contributed by atoms with Crippen molar-refractivity contribution in [2.45, 2.75) is 69.5 Å². The number of para-hydroxylation sites is 2. The van der Waals surface area contributed by atoms with E-state index in [9.17, 15) is 18.0 Å². The first kappa shape index (κ1) is 31.9. The van der Waals surface area contributed by atoms with E-state index in [1.807, 2.05) is 38.1 Å². The fraction of sp³-hybridized carbons (Fsp3) is 0.394. The Bertz CT molecular complexity index is 1500. The first-order valence-electron chi connectivity index (χ1n) is 14.6. The van der Waals surface area contributed by atoms with Gasteiger partial charge in [-0.3, -0.25) is 13.9 Å². The van der Waals surface area contributed by atoms with Crippen LogP contribution in [-0.4, -0.2) is 58.0 Å². The maximum Gasteiger partial charge on any atom is 0.264 e. The molecule has 3 aromatic carbocycles. The highest BCUT2D eigenvalue weighted by Gasteiger charge is 2.35. The molecule has 10 heteroatoms. The standard InChI is InChI=1S/C33H41N3O6S/c1-5-29(33(38)34-26-14-8-9-15-26)35(22-25-13-7-6-12-24(25)2)32(37)23-36(30-16-10-11-17-31(30)42-4)43(39,40)28-20-18-27(41-3)19-21-28/h6-7,10-13,16-21,26,29H,5,8-9,14-15,22-23H2,1-4H3,(H,34,38)/t29-/m0/s1. The van der Waals surface area contributed by atoms with E-state index in [1.54, 1.807) is 36.4 Å². The topological polar surface area (TPSA) is 105 Å². The Kier molecular flexibility index (Phi) is 10.7. The van der Waals surface area contributed by atoms with Crippen molar-refractivity contribution in [1.29, 1.82) is 0 Å². The van der Waals surface area contributed by atoms with Gasteiger partial charge in [0.2, 0.25) is 11.8 Å². The van der Waals surface area contributed by atoms with Crippen LogP contribution in [0.25, 0.3) is 0 Å². The molecule has 1 aliphatic carbocycles. The largest absolute Gasteiger partial charge is 0.497 e. The van der Waals surface area contributed by atoms with Crippen LogP contribution in [0.5, 0.6) is 11.5 Å². The summed E-state index contributed by atoms with van der Waals surface area (Å²) in [5.74, 6) is 0.0732. The van der Waals surface area contributed by atoms with Gasteiger partial charge in [-0.05, 0) is 73.7 Å². The third-order valence-corrected chi connectivity index (χ3v) is 9.74. The molecule has 0 unspecified atom stereocenters. The van der Waals surface area contributed by atoms with Gasteiger partial charge in [-0.15, -0.1) is 0 Å². The van der Waals surface area contributed by atoms with Crippen molar-refractivity contribution < 1.29 is 27.5 Å². The zero-order chi connectivity index (χ0) is 31.0. The number of hydrogen-bond donors (Lipinski definition) is 1. The van der Waals surface area contributed by atoms with Crippen molar-refractivity contribution in [2.75, 3.05) is 25.1 Å². The second-order valence-corrected chi connectivity index (χ2v) is 12.6. The van der Waals surface area contributed by atoms with Crippen LogP contribution in [0.2, 0.25) is 0 Å². The van der Waals surface area contributed by atoms with Gasteiger partial charge in [0.15, 0.2) is 0 Å². The Morgan fingerprint density at radius 1 is 0.930 bits per heavy atom. The minimum Gasteiger partial charge on any atom is -0.497 e. The molecular formula is C33H41N3O6S. The van der Waals surface area contributed by atoms with E-state index in [0.29, 0.717) is 17.9 Å². The number of carbonyl (C=O) groups excluding carboxylic acids is 2. The van der Waals surface area contributed by atoms with Crippen LogP contribution in [0, 0.1) is 6.92 Å². The first-order chi connectivity index (χ1) is 20.7. The fourth-order valence-electron chi connectivity index (χ4n) is 5.48. The van der Waals surface area contributed by atoms with Gasteiger partial charge in [-0.1, -0.05) is 56.2 Å². The summed E-state index contributed by atoms with van der Waals surface area (Å²) in [6.45, 7) is 3.44. The number of aryl methyl sites for hydroxylation is 1. The highest BCUT2D eigenvalue weighted by atomic mass is 32.2. The molecule has 0 bridgehead atoms. The summed E-state index contributed by atoms with van der Waals surface area (Å²) in [6.07, 6.45) is 4.32. The van der Waals surface area contributed by atoms with Crippen molar-refractivity contribution in [3.05, 3.63) is 83.9 Å². The van der Waals surface area contributed by atoms with Gasteiger partial charge in [0.1, 0.15) is 24.1 Å². The van der Waals surface area contributed by atoms with Crippen molar-refractivity contribution in [2.24, 2.45) is 0 Å². The second kappa shape index (κ2) is 14.4. The number of rotatable bonds is 13. The van der Waals surface area contributed by atoms with Crippen LogP contribution in [0.1, 0.15) is 50.2 Å². The average molecular weight is 608 g/mol. The number of benzene rings is 3. The molecule has 0 spiro atoms. The number of sulfonamides is 1. The lowest BCUT2D eigenvalue weighted by atomic mass is 10.1. The molecule has 0 aromatic heterocycles. The predicted octanol–water partition coefficient (Wildman–Crippen LogP) is 5.07. The minimum absolute atomic E-state index is 0.0107. The molecule has 1 saturated carbocycles. The van der Waals surface area contributed by atoms with E-state index in [2.05, 4.69) is 5.32 Å². The molecule has 2 amide bonds. The fourth-order valence-corrected chi connectivity index (χ4v) is 6.91. The van der Waals surface area contributed by atoms with Crippen molar-refractivity contribution in [3.63, 3.8) is 0 Å². The summed E-state index contributed by atoms with van der Waals surface area (Å²) in [5, 5.41) is 3.14. The van der Waals surface area contributed by atoms with E-state index < -0.39 is 28.5 Å². The maximum absolute atomic E-state index is 14.3. The molecule has 3 aromatic rings. The predicted molar refractivity (Wildman–Crippen MR) is 167 cm³/mol. The molecule has 9 nitrogen and oxygen atoms in total. The number of hydrogen-bond acceptors (Lipinski definition) is 6. The maximum atomic E-state index is 14.3. The third-order valence-electron chi connectivity index (χ3n) is 7.97.